The molecule has 0 aliphatic rings. The quantitative estimate of drug-likeness (QED) is 0.168. The second-order valence-electron chi connectivity index (χ2n) is 16.0. The topological polar surface area (TPSA) is 48.5 Å². The van der Waals surface area contributed by atoms with E-state index in [9.17, 15) is 0 Å². The van der Waals surface area contributed by atoms with E-state index in [4.69, 9.17) is 15.0 Å². The van der Waals surface area contributed by atoms with Crippen LogP contribution in [0.5, 0.6) is 0 Å². The summed E-state index contributed by atoms with van der Waals surface area (Å²) in [5, 5.41) is 7.15. The summed E-state index contributed by atoms with van der Waals surface area (Å²) in [6.07, 6.45) is 0. The normalized spacial score (nSPS) is 11.8. The molecule has 63 heavy (non-hydrogen) atoms. The molecule has 13 rings (SSSR count). The molecule has 0 bridgehead atoms. The number of fused-ring (bicyclic) bond motifs is 10. The van der Waals surface area contributed by atoms with Gasteiger partial charge >= 0.3 is 0 Å². The molecule has 13 aromatic rings. The molecular weight excluding hydrogens is 787 g/mol. The van der Waals surface area contributed by atoms with E-state index >= 15 is 0 Å². The van der Waals surface area contributed by atoms with Crippen molar-refractivity contribution >= 4 is 75.1 Å². The van der Waals surface area contributed by atoms with Crippen LogP contribution in [0.1, 0.15) is 0 Å². The number of nitrogens with zero attached hydrogens (tertiary/aromatic N) is 5. The molecule has 294 valence electrons. The van der Waals surface area contributed by atoms with E-state index < -0.39 is 0 Å². The van der Waals surface area contributed by atoms with Crippen molar-refractivity contribution < 1.29 is 0 Å². The number of hydrogen-bond donors (Lipinski definition) is 0. The summed E-state index contributed by atoms with van der Waals surface area (Å²) in [5.74, 6) is 1.83. The molecule has 4 heterocycles. The van der Waals surface area contributed by atoms with Gasteiger partial charge in [-0.25, -0.2) is 4.98 Å². The number of rotatable bonds is 6. The average molecular weight is 822 g/mol. The number of benzene rings is 9. The van der Waals surface area contributed by atoms with Gasteiger partial charge in [0.1, 0.15) is 0 Å². The molecule has 0 saturated carbocycles. The van der Waals surface area contributed by atoms with Gasteiger partial charge in [0.05, 0.1) is 26.8 Å². The third kappa shape index (κ3) is 5.66. The second kappa shape index (κ2) is 14.2. The van der Waals surface area contributed by atoms with Gasteiger partial charge in [0.2, 0.25) is 5.95 Å². The van der Waals surface area contributed by atoms with Crippen molar-refractivity contribution in [2.75, 3.05) is 0 Å². The van der Waals surface area contributed by atoms with Gasteiger partial charge in [0.15, 0.2) is 11.6 Å². The molecule has 0 amide bonds. The van der Waals surface area contributed by atoms with Crippen molar-refractivity contribution in [3.05, 3.63) is 212 Å². The molecule has 0 atom stereocenters. The molecule has 4 aromatic heterocycles. The maximum absolute atomic E-state index is 5.42. The zero-order valence-electron chi connectivity index (χ0n) is 33.9. The lowest BCUT2D eigenvalue weighted by Gasteiger charge is -2.12. The van der Waals surface area contributed by atoms with Gasteiger partial charge < -0.3 is 4.57 Å². The van der Waals surface area contributed by atoms with Crippen molar-refractivity contribution in [2.45, 2.75) is 0 Å². The van der Waals surface area contributed by atoms with Gasteiger partial charge in [0, 0.05) is 53.8 Å². The summed E-state index contributed by atoms with van der Waals surface area (Å²) in [6.45, 7) is 0. The van der Waals surface area contributed by atoms with Crippen molar-refractivity contribution in [3.8, 4) is 56.7 Å². The maximum atomic E-state index is 5.42. The molecule has 0 radical (unpaired) electrons. The van der Waals surface area contributed by atoms with Crippen molar-refractivity contribution in [1.29, 1.82) is 0 Å². The van der Waals surface area contributed by atoms with Crippen LogP contribution >= 0.6 is 11.3 Å². The molecule has 0 N–H and O–H groups in total. The second-order valence-corrected chi connectivity index (χ2v) is 17.0. The minimum atomic E-state index is 0.580. The Balaban J connectivity index is 1.07. The van der Waals surface area contributed by atoms with Crippen LogP contribution in [-0.4, -0.2) is 24.1 Å². The minimum absolute atomic E-state index is 0.580. The zero-order chi connectivity index (χ0) is 41.4. The summed E-state index contributed by atoms with van der Waals surface area (Å²) >= 11 is 1.82. The predicted molar refractivity (Wildman–Crippen MR) is 263 cm³/mol. The monoisotopic (exact) mass is 821 g/mol. The summed E-state index contributed by atoms with van der Waals surface area (Å²) in [6, 6.07) is 75.5. The molecule has 0 saturated heterocycles. The number of para-hydroxylation sites is 3. The van der Waals surface area contributed by atoms with E-state index in [0.717, 1.165) is 54.4 Å². The fraction of sp³-hybridized carbons (Fsp3) is 0. The van der Waals surface area contributed by atoms with Gasteiger partial charge in [-0.3, -0.25) is 4.57 Å². The first-order valence-electron chi connectivity index (χ1n) is 21.2. The lowest BCUT2D eigenvalue weighted by atomic mass is 10.0. The molecular formula is C57H35N5S. The Kier molecular flexibility index (Phi) is 8.01. The average Bonchev–Trinajstić information content (AvgIpc) is 4.03. The van der Waals surface area contributed by atoms with Crippen LogP contribution in [0, 0.1) is 0 Å². The predicted octanol–water partition coefficient (Wildman–Crippen LogP) is 15.1. The highest BCUT2D eigenvalue weighted by Gasteiger charge is 2.22. The fourth-order valence-corrected chi connectivity index (χ4v) is 10.9. The molecule has 0 spiro atoms. The van der Waals surface area contributed by atoms with Gasteiger partial charge in [-0.15, -0.1) is 11.3 Å². The third-order valence-electron chi connectivity index (χ3n) is 12.4. The smallest absolute Gasteiger partial charge is 0.238 e. The Morgan fingerprint density at radius 3 is 1.51 bits per heavy atom. The molecule has 0 aliphatic carbocycles. The van der Waals surface area contributed by atoms with Crippen LogP contribution in [0.25, 0.3) is 120 Å². The van der Waals surface area contributed by atoms with Crippen LogP contribution < -0.4 is 0 Å². The Bertz CT molecular complexity index is 3860. The SMILES string of the molecule is c1ccc(-c2cccc(-c3nc(-c4cccc5c4sc4c5ccc5c6ccccc6n(-c6cccc(-c7ccccc7)c6)c54)nc(-n4c5ccccc5c5ccccc54)n3)c2)cc1. The molecule has 0 unspecified atom stereocenters. The minimum Gasteiger partial charge on any atom is -0.308 e. The number of aromatic nitrogens is 5. The van der Waals surface area contributed by atoms with Crippen LogP contribution in [-0.2, 0) is 0 Å². The lowest BCUT2D eigenvalue weighted by Crippen LogP contribution is -2.06. The molecule has 5 nitrogen and oxygen atoms in total. The molecule has 6 heteroatoms. The third-order valence-corrected chi connectivity index (χ3v) is 13.6. The largest absolute Gasteiger partial charge is 0.308 e. The van der Waals surface area contributed by atoms with Crippen LogP contribution in [0.3, 0.4) is 0 Å². The Morgan fingerprint density at radius 1 is 0.317 bits per heavy atom. The van der Waals surface area contributed by atoms with Crippen molar-refractivity contribution in [3.63, 3.8) is 0 Å². The zero-order valence-corrected chi connectivity index (χ0v) is 34.7. The maximum Gasteiger partial charge on any atom is 0.238 e. The Labute approximate surface area is 366 Å². The van der Waals surface area contributed by atoms with Gasteiger partial charge in [-0.1, -0.05) is 170 Å². The summed E-state index contributed by atoms with van der Waals surface area (Å²) in [7, 11) is 0. The van der Waals surface area contributed by atoms with Crippen LogP contribution in [0.15, 0.2) is 212 Å². The molecule has 9 aromatic carbocycles. The highest BCUT2D eigenvalue weighted by molar-refractivity contribution is 7.27. The van der Waals surface area contributed by atoms with E-state index in [1.165, 1.54) is 48.4 Å². The van der Waals surface area contributed by atoms with Crippen LogP contribution in [0.2, 0.25) is 0 Å². The van der Waals surface area contributed by atoms with E-state index in [1.807, 2.05) is 17.4 Å². The van der Waals surface area contributed by atoms with Gasteiger partial charge in [-0.05, 0) is 64.7 Å². The lowest BCUT2D eigenvalue weighted by molar-refractivity contribution is 0.954. The first-order valence-corrected chi connectivity index (χ1v) is 22.0. The summed E-state index contributed by atoms with van der Waals surface area (Å²) in [5.41, 5.74) is 12.1. The van der Waals surface area contributed by atoms with Crippen molar-refractivity contribution in [2.24, 2.45) is 0 Å². The fourth-order valence-electron chi connectivity index (χ4n) is 9.52. The Morgan fingerprint density at radius 2 is 0.810 bits per heavy atom. The Hall–Kier alpha value is -8.19. The molecule has 0 fully saturated rings. The van der Waals surface area contributed by atoms with Gasteiger partial charge in [0.25, 0.3) is 0 Å². The summed E-state index contributed by atoms with van der Waals surface area (Å²) < 4.78 is 7.01. The number of thiophene rings is 1. The van der Waals surface area contributed by atoms with E-state index in [2.05, 4.69) is 215 Å². The van der Waals surface area contributed by atoms with Gasteiger partial charge in [-0.2, -0.15) is 9.97 Å². The number of hydrogen-bond acceptors (Lipinski definition) is 4. The highest BCUT2D eigenvalue weighted by Crippen LogP contribution is 2.46. The van der Waals surface area contributed by atoms with E-state index in [1.54, 1.807) is 0 Å². The van der Waals surface area contributed by atoms with Crippen LogP contribution in [0.4, 0.5) is 0 Å². The van der Waals surface area contributed by atoms with Crippen molar-refractivity contribution in [1.82, 2.24) is 24.1 Å². The standard InChI is InChI=1S/C57H35N5S/c1-3-16-36(17-4-1)38-20-13-22-40(34-38)55-58-56(60-57(59-55)62-50-30-11-7-24-42(50)43-25-8-12-31-51(43)62)48-28-15-27-46-47-33-32-45-44-26-9-10-29-49(44)61(52(45)54(47)63-53(46)48)41-23-14-21-39(35-41)37-18-5-2-6-19-37/h1-35H. The van der Waals surface area contributed by atoms with E-state index in [-0.39, 0.29) is 0 Å². The summed E-state index contributed by atoms with van der Waals surface area (Å²) in [4.78, 5) is 16.1. The molecule has 0 aliphatic heterocycles. The first kappa shape index (κ1) is 35.6. The highest BCUT2D eigenvalue weighted by atomic mass is 32.1. The first-order chi connectivity index (χ1) is 31.2. The van der Waals surface area contributed by atoms with E-state index in [0.29, 0.717) is 17.6 Å².